The molecule has 2 N–H and O–H groups in total. The number of fused-ring (bicyclic) bond motifs is 1. The zero-order valence-electron chi connectivity index (χ0n) is 18.7. The Balaban J connectivity index is 1.20. The Morgan fingerprint density at radius 2 is 1.69 bits per heavy atom. The van der Waals surface area contributed by atoms with Crippen LogP contribution in [0.5, 0.6) is 0 Å². The van der Waals surface area contributed by atoms with Crippen molar-refractivity contribution in [1.29, 1.82) is 0 Å². The number of hydrogen-bond acceptors (Lipinski definition) is 5. The molecule has 2 unspecified atom stereocenters. The van der Waals surface area contributed by atoms with Gasteiger partial charge < -0.3 is 15.5 Å². The van der Waals surface area contributed by atoms with Crippen molar-refractivity contribution in [3.8, 4) is 11.3 Å². The summed E-state index contributed by atoms with van der Waals surface area (Å²) in [4.78, 5) is 24.8. The first-order valence-corrected chi connectivity index (χ1v) is 11.7. The van der Waals surface area contributed by atoms with E-state index in [1.165, 1.54) is 38.1 Å². The van der Waals surface area contributed by atoms with Crippen LogP contribution in [0.1, 0.15) is 18.5 Å². The molecule has 0 radical (unpaired) electrons. The van der Waals surface area contributed by atoms with Gasteiger partial charge in [-0.15, -0.1) is 0 Å². The normalized spacial score (nSPS) is 26.4. The average Bonchev–Trinajstić information content (AvgIpc) is 3.36. The molecule has 1 amide bonds. The lowest BCUT2D eigenvalue weighted by atomic mass is 10.0. The van der Waals surface area contributed by atoms with Gasteiger partial charge in [0.05, 0.1) is 23.5 Å². The van der Waals surface area contributed by atoms with E-state index in [1.807, 2.05) is 11.0 Å². The lowest BCUT2D eigenvalue weighted by Gasteiger charge is -2.37. The summed E-state index contributed by atoms with van der Waals surface area (Å²) >= 11 is 0. The maximum atomic E-state index is 13.2. The molecule has 32 heavy (non-hydrogen) atoms. The highest BCUT2D eigenvalue weighted by molar-refractivity contribution is 5.80. The molecule has 2 aliphatic heterocycles. The zero-order chi connectivity index (χ0) is 22.2. The van der Waals surface area contributed by atoms with Crippen molar-refractivity contribution < 1.29 is 9.18 Å². The molecule has 0 bridgehead atoms. The summed E-state index contributed by atoms with van der Waals surface area (Å²) in [6.07, 6.45) is 2.62. The topological polar surface area (TPSA) is 65.7 Å². The molecular formula is C25H32FN5O. The van der Waals surface area contributed by atoms with Crippen molar-refractivity contribution in [1.82, 2.24) is 19.7 Å². The number of benzene rings is 1. The Hall–Kier alpha value is -2.51. The number of carbonyl (C=O) groups is 1. The van der Waals surface area contributed by atoms with E-state index in [0.717, 1.165) is 31.7 Å². The molecule has 1 aromatic heterocycles. The fraction of sp³-hybridized carbons (Fsp3) is 0.520. The molecule has 5 rings (SSSR count). The maximum Gasteiger partial charge on any atom is 0.228 e. The van der Waals surface area contributed by atoms with Gasteiger partial charge in [0.15, 0.2) is 0 Å². The number of carbonyl (C=O) groups excluding carboxylic acids is 1. The van der Waals surface area contributed by atoms with Crippen molar-refractivity contribution in [2.75, 3.05) is 52.0 Å². The molecule has 7 heteroatoms. The molecule has 1 saturated carbocycles. The minimum atomic E-state index is -0.283. The SMILES string of the molecule is CN1CCN(C2CC3CN(C(=O)Cc4nc(-c5ccc(F)cc5)ccc4N)CC3C2)CC1. The molecule has 3 aliphatic rings. The van der Waals surface area contributed by atoms with Crippen LogP contribution in [0.25, 0.3) is 11.3 Å². The van der Waals surface area contributed by atoms with Gasteiger partial charge in [-0.1, -0.05) is 0 Å². The Kier molecular flexibility index (Phi) is 5.86. The first-order valence-electron chi connectivity index (χ1n) is 11.7. The molecule has 3 fully saturated rings. The lowest BCUT2D eigenvalue weighted by molar-refractivity contribution is -0.129. The Morgan fingerprint density at radius 1 is 1.03 bits per heavy atom. The van der Waals surface area contributed by atoms with Gasteiger partial charge in [0.25, 0.3) is 0 Å². The van der Waals surface area contributed by atoms with E-state index in [9.17, 15) is 9.18 Å². The number of nitrogen functional groups attached to an aromatic ring is 1. The quantitative estimate of drug-likeness (QED) is 0.796. The summed E-state index contributed by atoms with van der Waals surface area (Å²) in [6, 6.07) is 10.5. The number of nitrogens with two attached hydrogens (primary N) is 1. The Morgan fingerprint density at radius 3 is 2.34 bits per heavy atom. The molecule has 170 valence electrons. The second-order valence-corrected chi connectivity index (χ2v) is 9.70. The van der Waals surface area contributed by atoms with Gasteiger partial charge in [-0.25, -0.2) is 4.39 Å². The second kappa shape index (κ2) is 8.79. The number of anilines is 1. The van der Waals surface area contributed by atoms with Gasteiger partial charge >= 0.3 is 0 Å². The van der Waals surface area contributed by atoms with Crippen LogP contribution in [0.4, 0.5) is 10.1 Å². The lowest BCUT2D eigenvalue weighted by Crippen LogP contribution is -2.48. The molecule has 1 aliphatic carbocycles. The van der Waals surface area contributed by atoms with Crippen molar-refractivity contribution in [2.45, 2.75) is 25.3 Å². The first kappa shape index (κ1) is 21.3. The van der Waals surface area contributed by atoms with Crippen LogP contribution in [0.3, 0.4) is 0 Å². The Bertz CT molecular complexity index is 959. The van der Waals surface area contributed by atoms with E-state index in [1.54, 1.807) is 18.2 Å². The highest BCUT2D eigenvalue weighted by Gasteiger charge is 2.44. The van der Waals surface area contributed by atoms with E-state index < -0.39 is 0 Å². The molecule has 3 heterocycles. The summed E-state index contributed by atoms with van der Waals surface area (Å²) in [7, 11) is 2.20. The summed E-state index contributed by atoms with van der Waals surface area (Å²) in [6.45, 7) is 6.34. The monoisotopic (exact) mass is 437 g/mol. The third-order valence-electron chi connectivity index (χ3n) is 7.60. The number of nitrogens with zero attached hydrogens (tertiary/aromatic N) is 4. The van der Waals surface area contributed by atoms with Crippen molar-refractivity contribution in [3.63, 3.8) is 0 Å². The summed E-state index contributed by atoms with van der Waals surface area (Å²) in [5.74, 6) is 1.04. The minimum absolute atomic E-state index is 0.103. The molecule has 2 saturated heterocycles. The predicted octanol–water partition coefficient (Wildman–Crippen LogP) is 2.50. The van der Waals surface area contributed by atoms with E-state index in [2.05, 4.69) is 21.8 Å². The third kappa shape index (κ3) is 4.36. The van der Waals surface area contributed by atoms with Crippen LogP contribution in [-0.4, -0.2) is 77.9 Å². The van der Waals surface area contributed by atoms with Crippen LogP contribution >= 0.6 is 0 Å². The molecular weight excluding hydrogens is 405 g/mol. The van der Waals surface area contributed by atoms with Gasteiger partial charge in [0.2, 0.25) is 5.91 Å². The van der Waals surface area contributed by atoms with Crippen molar-refractivity contribution in [2.24, 2.45) is 11.8 Å². The number of likely N-dealkylation sites (tertiary alicyclic amines) is 1. The summed E-state index contributed by atoms with van der Waals surface area (Å²) in [5.41, 5.74) is 8.78. The average molecular weight is 438 g/mol. The van der Waals surface area contributed by atoms with E-state index in [4.69, 9.17) is 5.73 Å². The number of halogens is 1. The van der Waals surface area contributed by atoms with E-state index >= 15 is 0 Å². The van der Waals surface area contributed by atoms with Crippen LogP contribution in [0.2, 0.25) is 0 Å². The number of piperazine rings is 1. The van der Waals surface area contributed by atoms with Gasteiger partial charge in [-0.3, -0.25) is 14.7 Å². The Labute approximate surface area is 189 Å². The number of likely N-dealkylation sites (N-methyl/N-ethyl adjacent to an activating group) is 1. The van der Waals surface area contributed by atoms with Crippen molar-refractivity contribution >= 4 is 11.6 Å². The standard InChI is InChI=1S/C25H32FN5O/c1-29-8-10-30(11-9-29)21-12-18-15-31(16-19(18)13-21)25(32)14-24-22(27)6-7-23(28-24)17-2-4-20(26)5-3-17/h2-7,18-19,21H,8-16,27H2,1H3. The predicted molar refractivity (Wildman–Crippen MR) is 123 cm³/mol. The van der Waals surface area contributed by atoms with Crippen LogP contribution < -0.4 is 5.73 Å². The first-order chi connectivity index (χ1) is 15.5. The molecule has 6 nitrogen and oxygen atoms in total. The molecule has 2 aromatic rings. The summed E-state index contributed by atoms with van der Waals surface area (Å²) < 4.78 is 13.2. The van der Waals surface area contributed by atoms with Crippen LogP contribution in [0.15, 0.2) is 36.4 Å². The largest absolute Gasteiger partial charge is 0.397 e. The van der Waals surface area contributed by atoms with Gasteiger partial charge in [0, 0.05) is 50.9 Å². The summed E-state index contributed by atoms with van der Waals surface area (Å²) in [5, 5.41) is 0. The van der Waals surface area contributed by atoms with Gasteiger partial charge in [0.1, 0.15) is 5.82 Å². The van der Waals surface area contributed by atoms with Gasteiger partial charge in [-0.05, 0) is 68.1 Å². The van der Waals surface area contributed by atoms with Crippen LogP contribution in [-0.2, 0) is 11.2 Å². The molecule has 0 spiro atoms. The molecule has 2 atom stereocenters. The molecule has 1 aromatic carbocycles. The highest BCUT2D eigenvalue weighted by Crippen LogP contribution is 2.40. The fourth-order valence-electron chi connectivity index (χ4n) is 5.65. The smallest absolute Gasteiger partial charge is 0.228 e. The number of aromatic nitrogens is 1. The van der Waals surface area contributed by atoms with E-state index in [0.29, 0.717) is 35.0 Å². The second-order valence-electron chi connectivity index (χ2n) is 9.70. The third-order valence-corrected chi connectivity index (χ3v) is 7.60. The number of rotatable bonds is 4. The maximum absolute atomic E-state index is 13.2. The van der Waals surface area contributed by atoms with E-state index in [-0.39, 0.29) is 18.1 Å². The minimum Gasteiger partial charge on any atom is -0.397 e. The fourth-order valence-corrected chi connectivity index (χ4v) is 5.65. The highest BCUT2D eigenvalue weighted by atomic mass is 19.1. The van der Waals surface area contributed by atoms with Crippen LogP contribution in [0, 0.1) is 17.7 Å². The zero-order valence-corrected chi connectivity index (χ0v) is 18.7. The number of pyridine rings is 1. The number of hydrogen-bond donors (Lipinski definition) is 1. The number of amides is 1. The van der Waals surface area contributed by atoms with Crippen molar-refractivity contribution in [3.05, 3.63) is 47.9 Å². The van der Waals surface area contributed by atoms with Gasteiger partial charge in [-0.2, -0.15) is 0 Å².